The van der Waals surface area contributed by atoms with E-state index >= 15 is 0 Å². The largest absolute Gasteiger partial charge is 0.319 e. The Morgan fingerprint density at radius 1 is 1.13 bits per heavy atom. The Morgan fingerprint density at radius 2 is 1.70 bits per heavy atom. The zero-order valence-electron chi connectivity index (χ0n) is 15.7. The summed E-state index contributed by atoms with van der Waals surface area (Å²) in [6.07, 6.45) is 3.93. The van der Waals surface area contributed by atoms with Crippen molar-refractivity contribution in [1.29, 1.82) is 0 Å². The number of piperidine rings is 1. The van der Waals surface area contributed by atoms with Gasteiger partial charge in [-0.2, -0.15) is 17.0 Å². The quantitative estimate of drug-likeness (QED) is 0.661. The maximum atomic E-state index is 13.1. The van der Waals surface area contributed by atoms with Gasteiger partial charge in [-0.25, -0.2) is 0 Å². The van der Waals surface area contributed by atoms with Gasteiger partial charge in [0.2, 0.25) is 0 Å². The molecule has 1 fully saturated rings. The van der Waals surface area contributed by atoms with Crippen LogP contribution < -0.4 is 5.32 Å². The molecule has 0 spiro atoms. The molecule has 0 radical (unpaired) electrons. The van der Waals surface area contributed by atoms with Crippen molar-refractivity contribution >= 4 is 10.2 Å². The highest BCUT2D eigenvalue weighted by Crippen LogP contribution is 2.22. The zero-order chi connectivity index (χ0) is 17.5. The van der Waals surface area contributed by atoms with Crippen molar-refractivity contribution in [3.63, 3.8) is 0 Å². The van der Waals surface area contributed by atoms with Crippen LogP contribution in [0.25, 0.3) is 0 Å². The molecule has 1 atom stereocenters. The summed E-state index contributed by atoms with van der Waals surface area (Å²) in [5, 5.41) is 3.18. The molecule has 0 saturated carbocycles. The van der Waals surface area contributed by atoms with Crippen LogP contribution in [0, 0.1) is 17.8 Å². The molecule has 0 aromatic carbocycles. The Bertz CT molecular complexity index is 410. The van der Waals surface area contributed by atoms with E-state index in [9.17, 15) is 8.42 Å². The van der Waals surface area contributed by atoms with Crippen LogP contribution in [-0.2, 0) is 10.2 Å². The maximum absolute atomic E-state index is 13.1. The molecule has 6 heteroatoms. The summed E-state index contributed by atoms with van der Waals surface area (Å²) in [6, 6.07) is 0. The van der Waals surface area contributed by atoms with E-state index in [1.54, 1.807) is 8.61 Å². The zero-order valence-corrected chi connectivity index (χ0v) is 16.5. The van der Waals surface area contributed by atoms with E-state index in [0.717, 1.165) is 32.2 Å². The van der Waals surface area contributed by atoms with Gasteiger partial charge in [0.15, 0.2) is 0 Å². The molecule has 1 heterocycles. The summed E-state index contributed by atoms with van der Waals surface area (Å²) in [5.74, 6) is 1.47. The van der Waals surface area contributed by atoms with E-state index in [1.165, 1.54) is 0 Å². The van der Waals surface area contributed by atoms with E-state index < -0.39 is 10.2 Å². The standard InChI is InChI=1S/C17H37N3O2S/c1-15(2)8-11-19(12-9-16(3)4)23(21,22)20-10-6-7-17(14-20)13-18-5/h15-18H,6-14H2,1-5H3. The van der Waals surface area contributed by atoms with Crippen molar-refractivity contribution in [2.24, 2.45) is 17.8 Å². The van der Waals surface area contributed by atoms with Gasteiger partial charge in [-0.05, 0) is 57.0 Å². The predicted molar refractivity (Wildman–Crippen MR) is 97.6 cm³/mol. The van der Waals surface area contributed by atoms with Crippen molar-refractivity contribution in [2.75, 3.05) is 39.8 Å². The molecule has 23 heavy (non-hydrogen) atoms. The second-order valence-corrected chi connectivity index (χ2v) is 9.62. The molecule has 0 aromatic heterocycles. The molecule has 1 rings (SSSR count). The van der Waals surface area contributed by atoms with Gasteiger partial charge >= 0.3 is 0 Å². The molecule has 138 valence electrons. The van der Waals surface area contributed by atoms with Gasteiger partial charge in [-0.15, -0.1) is 0 Å². The van der Waals surface area contributed by atoms with Gasteiger partial charge in [-0.3, -0.25) is 0 Å². The minimum Gasteiger partial charge on any atom is -0.319 e. The normalized spacial score (nSPS) is 20.8. The molecule has 1 N–H and O–H groups in total. The van der Waals surface area contributed by atoms with Gasteiger partial charge in [0, 0.05) is 26.2 Å². The predicted octanol–water partition coefficient (Wildman–Crippen LogP) is 2.56. The van der Waals surface area contributed by atoms with Crippen molar-refractivity contribution in [2.45, 2.75) is 53.4 Å². The van der Waals surface area contributed by atoms with E-state index in [1.807, 2.05) is 7.05 Å². The number of nitrogens with zero attached hydrogens (tertiary/aromatic N) is 2. The van der Waals surface area contributed by atoms with E-state index in [-0.39, 0.29) is 0 Å². The monoisotopic (exact) mass is 347 g/mol. The summed E-state index contributed by atoms with van der Waals surface area (Å²) < 4.78 is 29.6. The average molecular weight is 348 g/mol. The lowest BCUT2D eigenvalue weighted by Crippen LogP contribution is -2.49. The summed E-state index contributed by atoms with van der Waals surface area (Å²) >= 11 is 0. The molecule has 1 unspecified atom stereocenters. The van der Waals surface area contributed by atoms with Crippen LogP contribution >= 0.6 is 0 Å². The summed E-state index contributed by atoms with van der Waals surface area (Å²) in [4.78, 5) is 0. The van der Waals surface area contributed by atoms with Crippen LogP contribution in [0.1, 0.15) is 53.4 Å². The van der Waals surface area contributed by atoms with Crippen LogP contribution in [0.15, 0.2) is 0 Å². The van der Waals surface area contributed by atoms with Crippen LogP contribution in [-0.4, -0.2) is 56.8 Å². The molecule has 5 nitrogen and oxygen atoms in total. The summed E-state index contributed by atoms with van der Waals surface area (Å²) in [5.41, 5.74) is 0. The fourth-order valence-corrected chi connectivity index (χ4v) is 4.76. The number of hydrogen-bond donors (Lipinski definition) is 1. The fraction of sp³-hybridized carbons (Fsp3) is 1.00. The molecule has 0 aromatic rings. The van der Waals surface area contributed by atoms with Gasteiger partial charge < -0.3 is 5.32 Å². The van der Waals surface area contributed by atoms with Crippen LogP contribution in [0.5, 0.6) is 0 Å². The summed E-state index contributed by atoms with van der Waals surface area (Å²) in [6.45, 7) is 12.1. The number of nitrogens with one attached hydrogen (secondary N) is 1. The smallest absolute Gasteiger partial charge is 0.281 e. The Kier molecular flexibility index (Phi) is 9.04. The van der Waals surface area contributed by atoms with Crippen LogP contribution in [0.2, 0.25) is 0 Å². The third-order valence-corrected chi connectivity index (χ3v) is 6.54. The molecular weight excluding hydrogens is 310 g/mol. The SMILES string of the molecule is CNCC1CCCN(S(=O)(=O)N(CCC(C)C)CCC(C)C)C1. The van der Waals surface area contributed by atoms with Crippen molar-refractivity contribution in [1.82, 2.24) is 13.9 Å². The first kappa shape index (κ1) is 20.9. The third kappa shape index (κ3) is 7.08. The Labute approximate surface area is 144 Å². The maximum Gasteiger partial charge on any atom is 0.281 e. The first-order valence-corrected chi connectivity index (χ1v) is 10.6. The minimum atomic E-state index is -3.33. The van der Waals surface area contributed by atoms with Crippen LogP contribution in [0.4, 0.5) is 0 Å². The van der Waals surface area contributed by atoms with Gasteiger partial charge in [0.1, 0.15) is 0 Å². The molecule has 0 bridgehead atoms. The first-order valence-electron chi connectivity index (χ1n) is 9.17. The highest BCUT2D eigenvalue weighted by molar-refractivity contribution is 7.86. The number of hydrogen-bond acceptors (Lipinski definition) is 3. The first-order chi connectivity index (χ1) is 10.8. The van der Waals surface area contributed by atoms with Crippen molar-refractivity contribution in [3.05, 3.63) is 0 Å². The second-order valence-electron chi connectivity index (χ2n) is 7.70. The van der Waals surface area contributed by atoms with E-state index in [4.69, 9.17) is 0 Å². The Hall–Kier alpha value is -0.170. The molecule has 1 saturated heterocycles. The highest BCUT2D eigenvalue weighted by Gasteiger charge is 2.33. The topological polar surface area (TPSA) is 52.7 Å². The molecular formula is C17H37N3O2S. The van der Waals surface area contributed by atoms with Crippen LogP contribution in [0.3, 0.4) is 0 Å². The van der Waals surface area contributed by atoms with Crippen molar-refractivity contribution in [3.8, 4) is 0 Å². The summed E-state index contributed by atoms with van der Waals surface area (Å²) in [7, 11) is -1.39. The van der Waals surface area contributed by atoms with E-state index in [0.29, 0.717) is 43.9 Å². The minimum absolute atomic E-state index is 0.431. The van der Waals surface area contributed by atoms with Gasteiger partial charge in [0.05, 0.1) is 0 Å². The van der Waals surface area contributed by atoms with E-state index in [2.05, 4.69) is 33.0 Å². The highest BCUT2D eigenvalue weighted by atomic mass is 32.2. The molecule has 0 amide bonds. The molecule has 1 aliphatic rings. The Morgan fingerprint density at radius 3 is 2.17 bits per heavy atom. The lowest BCUT2D eigenvalue weighted by Gasteiger charge is -2.36. The Balaban J connectivity index is 2.78. The molecule has 0 aliphatic carbocycles. The van der Waals surface area contributed by atoms with Gasteiger partial charge in [-0.1, -0.05) is 27.7 Å². The van der Waals surface area contributed by atoms with Crippen molar-refractivity contribution < 1.29 is 8.42 Å². The second kappa shape index (κ2) is 9.97. The average Bonchev–Trinajstić information content (AvgIpc) is 2.47. The van der Waals surface area contributed by atoms with Gasteiger partial charge in [0.25, 0.3) is 10.2 Å². The number of rotatable bonds is 10. The molecule has 1 aliphatic heterocycles. The third-order valence-electron chi connectivity index (χ3n) is 4.54. The fourth-order valence-electron chi connectivity index (χ4n) is 3.00. The lowest BCUT2D eigenvalue weighted by atomic mass is 10.00. The lowest BCUT2D eigenvalue weighted by molar-refractivity contribution is 0.239.